The highest BCUT2D eigenvalue weighted by Crippen LogP contribution is 2.10. The molecule has 0 heterocycles. The van der Waals surface area contributed by atoms with Gasteiger partial charge in [-0.15, -0.1) is 0 Å². The molecule has 0 saturated heterocycles. The third-order valence-corrected chi connectivity index (χ3v) is 2.86. The maximum absolute atomic E-state index is 5.66. The minimum absolute atomic E-state index is 0.252. The topological polar surface area (TPSA) is 38.0 Å². The second kappa shape index (κ2) is 9.17. The smallest absolute Gasteiger partial charge is 0.00146 e. The summed E-state index contributed by atoms with van der Waals surface area (Å²) >= 11 is 0. The van der Waals surface area contributed by atoms with Crippen molar-refractivity contribution in [3.63, 3.8) is 0 Å². The zero-order chi connectivity index (χ0) is 11.6. The number of nitrogens with two attached hydrogens (primary N) is 1. The van der Waals surface area contributed by atoms with Crippen LogP contribution in [-0.2, 0) is 0 Å². The lowest BCUT2D eigenvalue weighted by atomic mass is 9.94. The van der Waals surface area contributed by atoms with E-state index in [1.54, 1.807) is 0 Å². The van der Waals surface area contributed by atoms with E-state index in [0.29, 0.717) is 0 Å². The number of hydrogen-bond acceptors (Lipinski definition) is 2. The number of nitrogens with one attached hydrogen (secondary N) is 1. The monoisotopic (exact) mass is 214 g/mol. The fraction of sp³-hybridized carbons (Fsp3) is 1.00. The van der Waals surface area contributed by atoms with Gasteiger partial charge < -0.3 is 11.1 Å². The predicted molar refractivity (Wildman–Crippen MR) is 69.1 cm³/mol. The van der Waals surface area contributed by atoms with Crippen molar-refractivity contribution in [1.82, 2.24) is 5.32 Å². The summed E-state index contributed by atoms with van der Waals surface area (Å²) in [6.07, 6.45) is 8.22. The average molecular weight is 214 g/mol. The third-order valence-electron chi connectivity index (χ3n) is 2.86. The zero-order valence-corrected chi connectivity index (χ0v) is 10.9. The Labute approximate surface area is 96.0 Å². The molecule has 0 amide bonds. The summed E-state index contributed by atoms with van der Waals surface area (Å²) in [5, 5.41) is 3.49. The second-order valence-electron chi connectivity index (χ2n) is 5.31. The minimum Gasteiger partial charge on any atom is -0.330 e. The molecule has 2 heteroatoms. The normalized spacial score (nSPS) is 12.0. The summed E-state index contributed by atoms with van der Waals surface area (Å²) in [6.45, 7) is 9.63. The molecule has 0 aromatic rings. The summed E-state index contributed by atoms with van der Waals surface area (Å²) in [5.41, 5.74) is 5.91. The Morgan fingerprint density at radius 2 is 1.60 bits per heavy atom. The first-order chi connectivity index (χ1) is 7.12. The van der Waals surface area contributed by atoms with Crippen molar-refractivity contribution in [1.29, 1.82) is 0 Å². The molecule has 0 aliphatic heterocycles. The van der Waals surface area contributed by atoms with Crippen molar-refractivity contribution in [2.75, 3.05) is 19.6 Å². The SMILES string of the molecule is CCCCCCCCNCC(C)(C)CN. The van der Waals surface area contributed by atoms with Gasteiger partial charge in [0.15, 0.2) is 0 Å². The van der Waals surface area contributed by atoms with Gasteiger partial charge in [-0.25, -0.2) is 0 Å². The van der Waals surface area contributed by atoms with Crippen LogP contribution in [0.5, 0.6) is 0 Å². The van der Waals surface area contributed by atoms with Crippen LogP contribution in [0.1, 0.15) is 59.3 Å². The van der Waals surface area contributed by atoms with E-state index in [9.17, 15) is 0 Å². The maximum atomic E-state index is 5.66. The van der Waals surface area contributed by atoms with Gasteiger partial charge >= 0.3 is 0 Å². The molecule has 15 heavy (non-hydrogen) atoms. The quantitative estimate of drug-likeness (QED) is 0.549. The van der Waals surface area contributed by atoms with Crippen LogP contribution in [0.3, 0.4) is 0 Å². The van der Waals surface area contributed by atoms with Gasteiger partial charge in [0.25, 0.3) is 0 Å². The van der Waals surface area contributed by atoms with Gasteiger partial charge in [0.1, 0.15) is 0 Å². The Morgan fingerprint density at radius 1 is 1.00 bits per heavy atom. The van der Waals surface area contributed by atoms with E-state index < -0.39 is 0 Å². The van der Waals surface area contributed by atoms with Gasteiger partial charge in [-0.1, -0.05) is 52.9 Å². The van der Waals surface area contributed by atoms with E-state index in [1.807, 2.05) is 0 Å². The molecular formula is C13H30N2. The molecule has 0 bridgehead atoms. The number of rotatable bonds is 10. The van der Waals surface area contributed by atoms with Crippen LogP contribution in [0.2, 0.25) is 0 Å². The highest BCUT2D eigenvalue weighted by atomic mass is 14.9. The Kier molecular flexibility index (Phi) is 9.12. The first-order valence-electron chi connectivity index (χ1n) is 6.53. The lowest BCUT2D eigenvalue weighted by Crippen LogP contribution is -2.35. The van der Waals surface area contributed by atoms with Crippen molar-refractivity contribution in [3.05, 3.63) is 0 Å². The highest BCUT2D eigenvalue weighted by Gasteiger charge is 2.13. The maximum Gasteiger partial charge on any atom is 0.00146 e. The molecule has 0 unspecified atom stereocenters. The van der Waals surface area contributed by atoms with Crippen molar-refractivity contribution in [2.24, 2.45) is 11.1 Å². The van der Waals surface area contributed by atoms with E-state index in [4.69, 9.17) is 5.73 Å². The lowest BCUT2D eigenvalue weighted by Gasteiger charge is -2.22. The highest BCUT2D eigenvalue weighted by molar-refractivity contribution is 4.71. The van der Waals surface area contributed by atoms with E-state index >= 15 is 0 Å². The van der Waals surface area contributed by atoms with Crippen LogP contribution >= 0.6 is 0 Å². The van der Waals surface area contributed by atoms with E-state index in [0.717, 1.165) is 19.6 Å². The van der Waals surface area contributed by atoms with Gasteiger partial charge in [-0.3, -0.25) is 0 Å². The molecule has 0 radical (unpaired) electrons. The molecule has 0 rings (SSSR count). The zero-order valence-electron chi connectivity index (χ0n) is 10.9. The number of hydrogen-bond donors (Lipinski definition) is 2. The van der Waals surface area contributed by atoms with Crippen LogP contribution in [-0.4, -0.2) is 19.6 Å². The van der Waals surface area contributed by atoms with Crippen LogP contribution in [0, 0.1) is 5.41 Å². The van der Waals surface area contributed by atoms with Gasteiger partial charge in [0.05, 0.1) is 0 Å². The minimum atomic E-state index is 0.252. The molecule has 0 aliphatic rings. The van der Waals surface area contributed by atoms with E-state index in [-0.39, 0.29) is 5.41 Å². The third kappa shape index (κ3) is 10.2. The van der Waals surface area contributed by atoms with Gasteiger partial charge in [0.2, 0.25) is 0 Å². The molecule has 0 fully saturated rings. The molecule has 0 aromatic heterocycles. The molecule has 92 valence electrons. The Balaban J connectivity index is 3.11. The Bertz CT molecular complexity index is 132. The first kappa shape index (κ1) is 14.9. The second-order valence-corrected chi connectivity index (χ2v) is 5.31. The van der Waals surface area contributed by atoms with Crippen molar-refractivity contribution in [2.45, 2.75) is 59.3 Å². The molecule has 0 saturated carbocycles. The molecule has 0 atom stereocenters. The summed E-state index contributed by atoms with van der Waals surface area (Å²) in [5.74, 6) is 0. The summed E-state index contributed by atoms with van der Waals surface area (Å²) in [7, 11) is 0. The fourth-order valence-electron chi connectivity index (χ4n) is 1.53. The molecule has 0 aliphatic carbocycles. The molecule has 2 nitrogen and oxygen atoms in total. The molecule has 0 aromatic carbocycles. The van der Waals surface area contributed by atoms with Gasteiger partial charge in [-0.2, -0.15) is 0 Å². The molecule has 3 N–H and O–H groups in total. The lowest BCUT2D eigenvalue weighted by molar-refractivity contribution is 0.350. The van der Waals surface area contributed by atoms with E-state index in [2.05, 4.69) is 26.1 Å². The van der Waals surface area contributed by atoms with Crippen LogP contribution in [0.4, 0.5) is 0 Å². The first-order valence-corrected chi connectivity index (χ1v) is 6.53. The summed E-state index contributed by atoms with van der Waals surface area (Å²) in [6, 6.07) is 0. The largest absolute Gasteiger partial charge is 0.330 e. The number of unbranched alkanes of at least 4 members (excludes halogenated alkanes) is 5. The molecular weight excluding hydrogens is 184 g/mol. The Morgan fingerprint density at radius 3 is 2.20 bits per heavy atom. The fourth-order valence-corrected chi connectivity index (χ4v) is 1.53. The molecule has 0 spiro atoms. The van der Waals surface area contributed by atoms with Crippen LogP contribution in [0.25, 0.3) is 0 Å². The van der Waals surface area contributed by atoms with Gasteiger partial charge in [0, 0.05) is 6.54 Å². The predicted octanol–water partition coefficient (Wildman–Crippen LogP) is 2.92. The van der Waals surface area contributed by atoms with Crippen LogP contribution < -0.4 is 11.1 Å². The summed E-state index contributed by atoms with van der Waals surface area (Å²) < 4.78 is 0. The van der Waals surface area contributed by atoms with Crippen LogP contribution in [0.15, 0.2) is 0 Å². The van der Waals surface area contributed by atoms with E-state index in [1.165, 1.54) is 38.5 Å². The van der Waals surface area contributed by atoms with Crippen molar-refractivity contribution < 1.29 is 0 Å². The summed E-state index contributed by atoms with van der Waals surface area (Å²) in [4.78, 5) is 0. The Hall–Kier alpha value is -0.0800. The standard InChI is InChI=1S/C13H30N2/c1-4-5-6-7-8-9-10-15-12-13(2,3)11-14/h15H,4-12,14H2,1-3H3. The van der Waals surface area contributed by atoms with Gasteiger partial charge in [-0.05, 0) is 24.9 Å². The average Bonchev–Trinajstić information content (AvgIpc) is 2.22. The van der Waals surface area contributed by atoms with Crippen molar-refractivity contribution >= 4 is 0 Å². The van der Waals surface area contributed by atoms with Crippen molar-refractivity contribution in [3.8, 4) is 0 Å².